The molecule has 9 heteroatoms. The zero-order chi connectivity index (χ0) is 17.3. The molecule has 0 spiro atoms. The van der Waals surface area contributed by atoms with Gasteiger partial charge in [0.25, 0.3) is 15.6 Å². The Labute approximate surface area is 138 Å². The highest BCUT2D eigenvalue weighted by molar-refractivity contribution is 7.92. The van der Waals surface area contributed by atoms with Crippen LogP contribution in [0.5, 0.6) is 5.75 Å². The van der Waals surface area contributed by atoms with Crippen LogP contribution in [0.4, 0.5) is 5.69 Å². The summed E-state index contributed by atoms with van der Waals surface area (Å²) in [5, 5.41) is 3.96. The second kappa shape index (κ2) is 6.00. The van der Waals surface area contributed by atoms with E-state index in [1.807, 2.05) is 0 Å². The summed E-state index contributed by atoms with van der Waals surface area (Å²) >= 11 is 0. The van der Waals surface area contributed by atoms with Crippen LogP contribution in [0.1, 0.15) is 6.92 Å². The Morgan fingerprint density at radius 1 is 1.29 bits per heavy atom. The highest BCUT2D eigenvalue weighted by atomic mass is 32.2. The first-order valence-corrected chi connectivity index (χ1v) is 8.67. The van der Waals surface area contributed by atoms with E-state index in [1.54, 1.807) is 31.2 Å². The van der Waals surface area contributed by atoms with Gasteiger partial charge in [-0.3, -0.25) is 13.9 Å². The number of methoxy groups -OCH3 is 1. The molecule has 0 amide bonds. The summed E-state index contributed by atoms with van der Waals surface area (Å²) in [4.78, 5) is 12.2. The predicted octanol–water partition coefficient (Wildman–Crippen LogP) is 1.33. The minimum Gasteiger partial charge on any atom is -0.497 e. The fourth-order valence-corrected chi connectivity index (χ4v) is 3.37. The second-order valence-electron chi connectivity index (χ2n) is 5.06. The molecular formula is C15H16N4O4S. The SMILES string of the molecule is CCn1ncn2cc(S(=O)(=O)Nc3cccc(OC)c3)cc2c1=O. The number of benzene rings is 1. The lowest BCUT2D eigenvalue weighted by Crippen LogP contribution is -2.23. The number of hydrogen-bond acceptors (Lipinski definition) is 5. The first-order chi connectivity index (χ1) is 11.4. The van der Waals surface area contributed by atoms with Gasteiger partial charge in [0, 0.05) is 18.8 Å². The molecule has 0 bridgehead atoms. The van der Waals surface area contributed by atoms with Crippen LogP contribution in [0.25, 0.3) is 5.52 Å². The molecule has 0 saturated carbocycles. The van der Waals surface area contributed by atoms with Gasteiger partial charge in [-0.05, 0) is 25.1 Å². The molecule has 0 atom stereocenters. The Kier molecular flexibility index (Phi) is 4.02. The number of rotatable bonds is 5. The quantitative estimate of drug-likeness (QED) is 0.750. The average Bonchev–Trinajstić information content (AvgIpc) is 3.01. The van der Waals surface area contributed by atoms with E-state index in [0.29, 0.717) is 18.0 Å². The number of ether oxygens (including phenoxy) is 1. The Morgan fingerprint density at radius 2 is 2.08 bits per heavy atom. The van der Waals surface area contributed by atoms with Crippen molar-refractivity contribution in [1.82, 2.24) is 14.2 Å². The molecule has 3 aromatic rings. The molecule has 0 aliphatic rings. The van der Waals surface area contributed by atoms with Crippen LogP contribution in [0, 0.1) is 0 Å². The van der Waals surface area contributed by atoms with Crippen LogP contribution in [0.2, 0.25) is 0 Å². The number of nitrogens with one attached hydrogen (secondary N) is 1. The summed E-state index contributed by atoms with van der Waals surface area (Å²) in [5.74, 6) is 0.535. The van der Waals surface area contributed by atoms with E-state index in [9.17, 15) is 13.2 Å². The number of sulfonamides is 1. The molecule has 0 fully saturated rings. The summed E-state index contributed by atoms with van der Waals surface area (Å²) in [7, 11) is -2.34. The van der Waals surface area contributed by atoms with Crippen LogP contribution in [0.3, 0.4) is 0 Å². The van der Waals surface area contributed by atoms with Crippen molar-refractivity contribution < 1.29 is 13.2 Å². The van der Waals surface area contributed by atoms with Gasteiger partial charge in [-0.2, -0.15) is 5.10 Å². The third-order valence-corrected chi connectivity index (χ3v) is 4.87. The minimum atomic E-state index is -3.84. The number of aromatic nitrogens is 3. The van der Waals surface area contributed by atoms with Crippen molar-refractivity contribution in [1.29, 1.82) is 0 Å². The normalized spacial score (nSPS) is 11.6. The van der Waals surface area contributed by atoms with Gasteiger partial charge in [0.05, 0.1) is 12.8 Å². The molecule has 0 aliphatic carbocycles. The highest BCUT2D eigenvalue weighted by Crippen LogP contribution is 2.21. The van der Waals surface area contributed by atoms with Crippen molar-refractivity contribution in [3.8, 4) is 5.75 Å². The molecule has 3 rings (SSSR count). The molecule has 0 radical (unpaired) electrons. The zero-order valence-corrected chi connectivity index (χ0v) is 13.9. The summed E-state index contributed by atoms with van der Waals surface area (Å²) in [6.07, 6.45) is 2.76. The smallest absolute Gasteiger partial charge is 0.291 e. The molecule has 2 heterocycles. The molecule has 0 saturated heterocycles. The summed E-state index contributed by atoms with van der Waals surface area (Å²) in [5.41, 5.74) is 0.273. The van der Waals surface area contributed by atoms with E-state index >= 15 is 0 Å². The Morgan fingerprint density at radius 3 is 2.79 bits per heavy atom. The highest BCUT2D eigenvalue weighted by Gasteiger charge is 2.18. The lowest BCUT2D eigenvalue weighted by molar-refractivity contribution is 0.415. The van der Waals surface area contributed by atoms with Crippen molar-refractivity contribution in [2.45, 2.75) is 18.4 Å². The maximum Gasteiger partial charge on any atom is 0.291 e. The molecule has 8 nitrogen and oxygen atoms in total. The van der Waals surface area contributed by atoms with Crippen molar-refractivity contribution in [2.75, 3.05) is 11.8 Å². The number of aryl methyl sites for hydroxylation is 1. The first kappa shape index (κ1) is 16.1. The van der Waals surface area contributed by atoms with Crippen molar-refractivity contribution >= 4 is 21.2 Å². The van der Waals surface area contributed by atoms with Crippen LogP contribution in [-0.2, 0) is 16.6 Å². The number of nitrogens with zero attached hydrogens (tertiary/aromatic N) is 3. The van der Waals surface area contributed by atoms with Crippen molar-refractivity contribution in [2.24, 2.45) is 0 Å². The average molecular weight is 348 g/mol. The molecule has 1 N–H and O–H groups in total. The van der Waals surface area contributed by atoms with Gasteiger partial charge in [-0.1, -0.05) is 6.07 Å². The molecule has 24 heavy (non-hydrogen) atoms. The van der Waals surface area contributed by atoms with Gasteiger partial charge < -0.3 is 4.74 Å². The van der Waals surface area contributed by atoms with Crippen molar-refractivity contribution in [3.63, 3.8) is 0 Å². The summed E-state index contributed by atoms with van der Waals surface area (Å²) in [6.45, 7) is 2.19. The zero-order valence-electron chi connectivity index (χ0n) is 13.1. The van der Waals surface area contributed by atoms with Gasteiger partial charge in [0.15, 0.2) is 0 Å². The second-order valence-corrected chi connectivity index (χ2v) is 6.74. The van der Waals surface area contributed by atoms with Gasteiger partial charge in [-0.25, -0.2) is 13.1 Å². The monoisotopic (exact) mass is 348 g/mol. The maximum atomic E-state index is 12.5. The minimum absolute atomic E-state index is 0.0157. The van der Waals surface area contributed by atoms with Crippen LogP contribution in [-0.4, -0.2) is 29.7 Å². The van der Waals surface area contributed by atoms with E-state index in [2.05, 4.69) is 9.82 Å². The first-order valence-electron chi connectivity index (χ1n) is 7.19. The fraction of sp³-hybridized carbons (Fsp3) is 0.200. The third-order valence-electron chi connectivity index (χ3n) is 3.52. The maximum absolute atomic E-state index is 12.5. The topological polar surface area (TPSA) is 94.7 Å². The molecular weight excluding hydrogens is 332 g/mol. The molecule has 1 aromatic carbocycles. The van der Waals surface area contributed by atoms with E-state index < -0.39 is 10.0 Å². The number of fused-ring (bicyclic) bond motifs is 1. The van der Waals surface area contributed by atoms with E-state index in [0.717, 1.165) is 0 Å². The Bertz CT molecular complexity index is 1050. The molecule has 0 unspecified atom stereocenters. The summed E-state index contributed by atoms with van der Waals surface area (Å²) < 4.78 is 35.3. The summed E-state index contributed by atoms with van der Waals surface area (Å²) in [6, 6.07) is 7.90. The Hall–Kier alpha value is -2.81. The van der Waals surface area contributed by atoms with E-state index in [4.69, 9.17) is 4.74 Å². The van der Waals surface area contributed by atoms with Gasteiger partial charge >= 0.3 is 0 Å². The fourth-order valence-electron chi connectivity index (χ4n) is 2.30. The molecule has 2 aromatic heterocycles. The lowest BCUT2D eigenvalue weighted by atomic mass is 10.3. The van der Waals surface area contributed by atoms with Crippen LogP contribution < -0.4 is 15.0 Å². The van der Waals surface area contributed by atoms with Crippen molar-refractivity contribution in [3.05, 3.63) is 53.2 Å². The van der Waals surface area contributed by atoms with Gasteiger partial charge in [0.1, 0.15) is 22.5 Å². The van der Waals surface area contributed by atoms with Crippen LogP contribution in [0.15, 0.2) is 52.5 Å². The predicted molar refractivity (Wildman–Crippen MR) is 88.9 cm³/mol. The van der Waals surface area contributed by atoms with Crippen LogP contribution >= 0.6 is 0 Å². The standard InChI is InChI=1S/C15H16N4O4S/c1-3-19-15(20)14-8-13(9-18(14)10-16-19)24(21,22)17-11-5-4-6-12(7-11)23-2/h4-10,17H,3H2,1-2H3. The number of anilines is 1. The molecule has 126 valence electrons. The third kappa shape index (κ3) is 2.85. The largest absolute Gasteiger partial charge is 0.497 e. The Balaban J connectivity index is 2.02. The molecule has 0 aliphatic heterocycles. The lowest BCUT2D eigenvalue weighted by Gasteiger charge is -2.07. The van der Waals surface area contributed by atoms with E-state index in [-0.39, 0.29) is 16.0 Å². The number of hydrogen-bond donors (Lipinski definition) is 1. The van der Waals surface area contributed by atoms with E-state index in [1.165, 1.54) is 34.8 Å². The van der Waals surface area contributed by atoms with Gasteiger partial charge in [-0.15, -0.1) is 0 Å². The van der Waals surface area contributed by atoms with Gasteiger partial charge in [0.2, 0.25) is 0 Å².